The highest BCUT2D eigenvalue weighted by molar-refractivity contribution is 6.15. The standard InChI is InChI=1S/C19H23FN6O6/c20-11-8-9(16(29)24-13(18(31)32)5-6-14(27)28)3-4-12(11)23-7-1-2-10-15(21)25-19(22)26-17(10)30/h3-4,8,10,13,23H,1-2,5-7H2,(H,24,29)(H,27,28)(H,31,32)(H4,21,22,25,26,30)/t10?,13-/m0/s1. The smallest absolute Gasteiger partial charge is 0.326 e. The molecular weight excluding hydrogens is 427 g/mol. The largest absolute Gasteiger partial charge is 0.481 e. The summed E-state index contributed by atoms with van der Waals surface area (Å²) >= 11 is 0. The lowest BCUT2D eigenvalue weighted by molar-refractivity contribution is -0.140. The molecule has 2 amide bonds. The minimum atomic E-state index is -1.42. The average Bonchev–Trinajstić information content (AvgIpc) is 2.70. The number of guanidine groups is 1. The van der Waals surface area contributed by atoms with E-state index < -0.39 is 48.0 Å². The number of carboxylic acid groups (broad SMARTS) is 2. The molecule has 32 heavy (non-hydrogen) atoms. The van der Waals surface area contributed by atoms with Gasteiger partial charge in [-0.3, -0.25) is 25.1 Å². The maximum Gasteiger partial charge on any atom is 0.326 e. The van der Waals surface area contributed by atoms with Crippen LogP contribution < -0.4 is 21.7 Å². The number of amidine groups is 1. The lowest BCUT2D eigenvalue weighted by Crippen LogP contribution is -2.46. The number of nitrogens with two attached hydrogens (primary N) is 1. The van der Waals surface area contributed by atoms with Crippen LogP contribution in [0.2, 0.25) is 0 Å². The van der Waals surface area contributed by atoms with Gasteiger partial charge in [0.05, 0.1) is 11.6 Å². The molecule has 12 nitrogen and oxygen atoms in total. The predicted molar refractivity (Wildman–Crippen MR) is 111 cm³/mol. The van der Waals surface area contributed by atoms with E-state index in [0.717, 1.165) is 6.07 Å². The van der Waals surface area contributed by atoms with Crippen LogP contribution in [0, 0.1) is 17.1 Å². The van der Waals surface area contributed by atoms with Crippen molar-refractivity contribution in [3.05, 3.63) is 29.6 Å². The Bertz CT molecular complexity index is 966. The molecule has 13 heteroatoms. The van der Waals surface area contributed by atoms with E-state index in [1.165, 1.54) is 12.1 Å². The van der Waals surface area contributed by atoms with Crippen molar-refractivity contribution >= 4 is 41.2 Å². The summed E-state index contributed by atoms with van der Waals surface area (Å²) in [6.07, 6.45) is 0.00851. The van der Waals surface area contributed by atoms with E-state index in [1.807, 2.05) is 0 Å². The first-order chi connectivity index (χ1) is 15.1. The molecule has 2 atom stereocenters. The fourth-order valence-electron chi connectivity index (χ4n) is 2.95. The van der Waals surface area contributed by atoms with Crippen molar-refractivity contribution in [1.29, 1.82) is 5.41 Å². The first kappa shape index (κ1) is 24.2. The van der Waals surface area contributed by atoms with Gasteiger partial charge in [-0.2, -0.15) is 4.99 Å². The van der Waals surface area contributed by atoms with E-state index >= 15 is 0 Å². The third kappa shape index (κ3) is 6.75. The molecule has 0 spiro atoms. The van der Waals surface area contributed by atoms with E-state index in [-0.39, 0.29) is 36.0 Å². The summed E-state index contributed by atoms with van der Waals surface area (Å²) < 4.78 is 14.3. The molecule has 0 saturated heterocycles. The second-order valence-electron chi connectivity index (χ2n) is 6.99. The van der Waals surface area contributed by atoms with Gasteiger partial charge in [0, 0.05) is 18.5 Å². The zero-order valence-electron chi connectivity index (χ0n) is 16.9. The van der Waals surface area contributed by atoms with Gasteiger partial charge in [0.25, 0.3) is 5.91 Å². The topological polar surface area (TPSA) is 207 Å². The summed E-state index contributed by atoms with van der Waals surface area (Å²) in [5.74, 6) is -5.57. The van der Waals surface area contributed by atoms with Crippen LogP contribution in [0.5, 0.6) is 0 Å². The van der Waals surface area contributed by atoms with Gasteiger partial charge in [-0.1, -0.05) is 0 Å². The molecule has 0 bridgehead atoms. The summed E-state index contributed by atoms with van der Waals surface area (Å²) in [5.41, 5.74) is 5.64. The predicted octanol–water partition coefficient (Wildman–Crippen LogP) is 0.104. The fraction of sp³-hybridized carbons (Fsp3) is 0.368. The molecule has 0 aromatic heterocycles. The number of anilines is 1. The highest BCUT2D eigenvalue weighted by atomic mass is 19.1. The van der Waals surface area contributed by atoms with Gasteiger partial charge in [0.15, 0.2) is 0 Å². The Hall–Kier alpha value is -4.03. The van der Waals surface area contributed by atoms with Gasteiger partial charge in [-0.05, 0) is 37.5 Å². The number of benzene rings is 1. The normalized spacial score (nSPS) is 16.5. The Balaban J connectivity index is 1.89. The number of carbonyl (C=O) groups is 4. The summed E-state index contributed by atoms with van der Waals surface area (Å²) in [7, 11) is 0. The number of aliphatic carboxylic acids is 2. The maximum absolute atomic E-state index is 14.3. The molecule has 1 unspecified atom stereocenters. The fourth-order valence-corrected chi connectivity index (χ4v) is 2.95. The summed E-state index contributed by atoms with van der Waals surface area (Å²) in [5, 5.41) is 32.3. The number of hydrogen-bond acceptors (Lipinski definition) is 7. The number of amides is 2. The number of nitrogens with one attached hydrogen (secondary N) is 4. The number of halogens is 1. The first-order valence-electron chi connectivity index (χ1n) is 9.60. The van der Waals surface area contributed by atoms with Crippen molar-refractivity contribution in [1.82, 2.24) is 10.6 Å². The lowest BCUT2D eigenvalue weighted by Gasteiger charge is -2.20. The quantitative estimate of drug-likeness (QED) is 0.230. The summed E-state index contributed by atoms with van der Waals surface area (Å²) in [6, 6.07) is 2.11. The lowest BCUT2D eigenvalue weighted by atomic mass is 10.00. The third-order valence-corrected chi connectivity index (χ3v) is 4.62. The van der Waals surface area contributed by atoms with Gasteiger partial charge < -0.3 is 26.6 Å². The van der Waals surface area contributed by atoms with Crippen LogP contribution in [0.15, 0.2) is 23.2 Å². The Kier molecular flexibility index (Phi) is 8.21. The number of carboxylic acids is 2. The molecule has 1 heterocycles. The van der Waals surface area contributed by atoms with Crippen molar-refractivity contribution < 1.29 is 33.8 Å². The van der Waals surface area contributed by atoms with Crippen LogP contribution in [0.1, 0.15) is 36.0 Å². The third-order valence-electron chi connectivity index (χ3n) is 4.62. The average molecular weight is 450 g/mol. The Morgan fingerprint density at radius 3 is 2.62 bits per heavy atom. The summed E-state index contributed by atoms with van der Waals surface area (Å²) in [6.45, 7) is 0.285. The van der Waals surface area contributed by atoms with Crippen molar-refractivity contribution in [3.8, 4) is 0 Å². The highest BCUT2D eigenvalue weighted by Crippen LogP contribution is 2.17. The van der Waals surface area contributed by atoms with Gasteiger partial charge in [0.1, 0.15) is 17.7 Å². The Morgan fingerprint density at radius 1 is 1.31 bits per heavy atom. The molecule has 2 rings (SSSR count). The van der Waals surface area contributed by atoms with Crippen LogP contribution in [-0.4, -0.2) is 58.3 Å². The van der Waals surface area contributed by atoms with Gasteiger partial charge in [-0.25, -0.2) is 9.18 Å². The maximum atomic E-state index is 14.3. The van der Waals surface area contributed by atoms with E-state index in [9.17, 15) is 23.6 Å². The van der Waals surface area contributed by atoms with Gasteiger partial charge in [-0.15, -0.1) is 0 Å². The van der Waals surface area contributed by atoms with E-state index in [2.05, 4.69) is 20.9 Å². The molecule has 1 aliphatic rings. The molecule has 1 aliphatic heterocycles. The molecule has 0 fully saturated rings. The Morgan fingerprint density at radius 2 is 2.03 bits per heavy atom. The molecule has 172 valence electrons. The van der Waals surface area contributed by atoms with E-state index in [4.69, 9.17) is 21.4 Å². The van der Waals surface area contributed by atoms with Gasteiger partial charge in [0.2, 0.25) is 11.9 Å². The molecule has 8 N–H and O–H groups in total. The molecule has 0 saturated carbocycles. The van der Waals surface area contributed by atoms with E-state index in [0.29, 0.717) is 12.8 Å². The van der Waals surface area contributed by atoms with Crippen LogP contribution in [0.25, 0.3) is 0 Å². The SMILES string of the molecule is N=C1N=C(N)C(CCCNc2ccc(C(=O)N[C@@H](CCC(=O)O)C(=O)O)cc2F)C(=O)N1. The van der Waals surface area contributed by atoms with Crippen LogP contribution >= 0.6 is 0 Å². The van der Waals surface area contributed by atoms with Crippen molar-refractivity contribution in [2.75, 3.05) is 11.9 Å². The van der Waals surface area contributed by atoms with E-state index in [1.54, 1.807) is 0 Å². The molecular formula is C19H23FN6O6. The van der Waals surface area contributed by atoms with Crippen molar-refractivity contribution in [2.45, 2.75) is 31.7 Å². The number of carbonyl (C=O) groups excluding carboxylic acids is 2. The number of aliphatic imine (C=N–C) groups is 1. The Labute approximate surface area is 181 Å². The van der Waals surface area contributed by atoms with Gasteiger partial charge >= 0.3 is 11.9 Å². The number of hydrogen-bond donors (Lipinski definition) is 7. The molecule has 1 aromatic rings. The summed E-state index contributed by atoms with van der Waals surface area (Å²) in [4.78, 5) is 49.5. The number of nitrogens with zero attached hydrogens (tertiary/aromatic N) is 1. The second-order valence-corrected chi connectivity index (χ2v) is 6.99. The zero-order chi connectivity index (χ0) is 23.8. The molecule has 0 aliphatic carbocycles. The minimum absolute atomic E-state index is 0.0447. The molecule has 0 radical (unpaired) electrons. The highest BCUT2D eigenvalue weighted by Gasteiger charge is 2.27. The van der Waals surface area contributed by atoms with Crippen molar-refractivity contribution in [3.63, 3.8) is 0 Å². The van der Waals surface area contributed by atoms with Crippen molar-refractivity contribution in [2.24, 2.45) is 16.6 Å². The minimum Gasteiger partial charge on any atom is -0.481 e. The van der Waals surface area contributed by atoms with Crippen LogP contribution in [0.3, 0.4) is 0 Å². The molecule has 1 aromatic carbocycles. The number of rotatable bonds is 11. The monoisotopic (exact) mass is 450 g/mol. The van der Waals surface area contributed by atoms with Crippen LogP contribution in [-0.2, 0) is 14.4 Å². The first-order valence-corrected chi connectivity index (χ1v) is 9.60. The van der Waals surface area contributed by atoms with Crippen LogP contribution in [0.4, 0.5) is 10.1 Å². The second kappa shape index (κ2) is 10.8. The zero-order valence-corrected chi connectivity index (χ0v) is 16.9.